The summed E-state index contributed by atoms with van der Waals surface area (Å²) in [6, 6.07) is 17.8. The van der Waals surface area contributed by atoms with Crippen LogP contribution < -0.4 is 4.90 Å². The van der Waals surface area contributed by atoms with E-state index < -0.39 is 0 Å². The van der Waals surface area contributed by atoms with Gasteiger partial charge in [-0.1, -0.05) is 41.9 Å². The van der Waals surface area contributed by atoms with Gasteiger partial charge in [-0.25, -0.2) is 0 Å². The molecule has 0 saturated heterocycles. The number of carbonyl (C=O) groups excluding carboxylic acids is 2. The van der Waals surface area contributed by atoms with Gasteiger partial charge in [-0.05, 0) is 54.7 Å². The van der Waals surface area contributed by atoms with E-state index in [0.717, 1.165) is 54.4 Å². The molecule has 0 unspecified atom stereocenters. The van der Waals surface area contributed by atoms with Crippen LogP contribution in [0.1, 0.15) is 36.1 Å². The fourth-order valence-corrected chi connectivity index (χ4v) is 5.21. The molecular weight excluding hydrogens is 514 g/mol. The molecule has 1 aliphatic heterocycles. The molecule has 0 radical (unpaired) electrons. The Morgan fingerprint density at radius 2 is 1.69 bits per heavy atom. The van der Waals surface area contributed by atoms with E-state index in [9.17, 15) is 9.59 Å². The van der Waals surface area contributed by atoms with Gasteiger partial charge in [0, 0.05) is 82.4 Å². The summed E-state index contributed by atoms with van der Waals surface area (Å²) in [7, 11) is 3.43. The van der Waals surface area contributed by atoms with Crippen LogP contribution in [-0.2, 0) is 40.9 Å². The number of fused-ring (bicyclic) bond motifs is 1. The number of amides is 2. The molecule has 2 amide bonds. The Morgan fingerprint density at radius 3 is 2.41 bits per heavy atom. The fraction of sp³-hybridized carbons (Fsp3) is 0.433. The summed E-state index contributed by atoms with van der Waals surface area (Å²) in [5.41, 5.74) is 4.03. The normalized spacial score (nSPS) is 15.4. The van der Waals surface area contributed by atoms with Gasteiger partial charge in [0.2, 0.25) is 5.91 Å². The van der Waals surface area contributed by atoms with Crippen LogP contribution in [0.4, 0.5) is 5.69 Å². The third-order valence-corrected chi connectivity index (χ3v) is 7.41. The Kier molecular flexibility index (Phi) is 10.5. The molecule has 39 heavy (non-hydrogen) atoms. The second-order valence-corrected chi connectivity index (χ2v) is 10.4. The highest BCUT2D eigenvalue weighted by Gasteiger charge is 2.23. The van der Waals surface area contributed by atoms with Gasteiger partial charge in [0.15, 0.2) is 0 Å². The maximum Gasteiger partial charge on any atom is 0.252 e. The van der Waals surface area contributed by atoms with Gasteiger partial charge >= 0.3 is 0 Å². The summed E-state index contributed by atoms with van der Waals surface area (Å²) >= 11 is 6.10. The van der Waals surface area contributed by atoms with Gasteiger partial charge in [0.05, 0.1) is 0 Å². The van der Waals surface area contributed by atoms with Crippen molar-refractivity contribution in [2.75, 3.05) is 44.8 Å². The van der Waals surface area contributed by atoms with E-state index in [-0.39, 0.29) is 18.4 Å². The van der Waals surface area contributed by atoms with E-state index in [1.54, 1.807) is 6.20 Å². The largest absolute Gasteiger partial charge is 0.375 e. The van der Waals surface area contributed by atoms with Gasteiger partial charge in [0.1, 0.15) is 6.61 Å². The Balaban J connectivity index is 1.57. The minimum Gasteiger partial charge on any atom is -0.375 e. The van der Waals surface area contributed by atoms with Crippen LogP contribution in [0.15, 0.2) is 60.8 Å². The summed E-state index contributed by atoms with van der Waals surface area (Å²) in [4.78, 5) is 32.8. The first-order valence-electron chi connectivity index (χ1n) is 13.5. The summed E-state index contributed by atoms with van der Waals surface area (Å²) in [6.07, 6.45) is 4.48. The number of aromatic nitrogens is 2. The number of rotatable bonds is 7. The Bertz CT molecular complexity index is 1230. The van der Waals surface area contributed by atoms with Crippen LogP contribution >= 0.6 is 11.6 Å². The van der Waals surface area contributed by atoms with Crippen molar-refractivity contribution < 1.29 is 14.3 Å². The second-order valence-electron chi connectivity index (χ2n) is 9.98. The molecule has 0 N–H and O–H groups in total. The SMILES string of the molecule is COCC(=O)N1CCCN(Cc2ccc(Cl)cc2)CCCN(C(=O)CCc2ccnn2C)Cc2ccccc21. The zero-order valence-corrected chi connectivity index (χ0v) is 23.6. The quantitative estimate of drug-likeness (QED) is 0.437. The van der Waals surface area contributed by atoms with E-state index in [4.69, 9.17) is 16.3 Å². The zero-order chi connectivity index (χ0) is 27.6. The summed E-state index contributed by atoms with van der Waals surface area (Å²) in [5, 5.41) is 4.95. The average molecular weight is 552 g/mol. The predicted octanol–water partition coefficient (Wildman–Crippen LogP) is 4.31. The maximum absolute atomic E-state index is 13.5. The first kappa shape index (κ1) is 28.8. The number of methoxy groups -OCH3 is 1. The van der Waals surface area contributed by atoms with E-state index in [1.807, 2.05) is 64.0 Å². The molecule has 9 heteroatoms. The average Bonchev–Trinajstić information content (AvgIpc) is 3.34. The molecule has 0 aliphatic carbocycles. The molecule has 0 atom stereocenters. The van der Waals surface area contributed by atoms with Crippen molar-refractivity contribution >= 4 is 29.1 Å². The Morgan fingerprint density at radius 1 is 0.949 bits per heavy atom. The van der Waals surface area contributed by atoms with E-state index in [0.29, 0.717) is 32.5 Å². The van der Waals surface area contributed by atoms with Crippen LogP contribution in [0.2, 0.25) is 5.02 Å². The number of anilines is 1. The molecular formula is C30H38ClN5O3. The summed E-state index contributed by atoms with van der Waals surface area (Å²) in [5.74, 6) is 0.0161. The minimum atomic E-state index is -0.0830. The molecule has 0 bridgehead atoms. The fourth-order valence-electron chi connectivity index (χ4n) is 5.08. The lowest BCUT2D eigenvalue weighted by molar-refractivity contribution is -0.132. The number of nitrogens with zero attached hydrogens (tertiary/aromatic N) is 5. The number of aryl methyl sites for hydroxylation is 2. The number of hydrogen-bond acceptors (Lipinski definition) is 5. The molecule has 4 rings (SSSR count). The molecule has 8 nitrogen and oxygen atoms in total. The molecule has 0 fully saturated rings. The monoisotopic (exact) mass is 551 g/mol. The standard InChI is InChI=1S/C30H38ClN5O3/c1-33-27(15-16-32-33)13-14-29(37)35-19-5-17-34(21-24-9-11-26(31)12-10-24)18-6-20-36(30(38)23-39-2)28-8-4-3-7-25(28)22-35/h3-4,7-12,15-16H,5-6,13-14,17-23H2,1-2H3. The number of para-hydroxylation sites is 1. The predicted molar refractivity (Wildman–Crippen MR) is 154 cm³/mol. The van der Waals surface area contributed by atoms with Crippen molar-refractivity contribution in [1.29, 1.82) is 0 Å². The number of carbonyl (C=O) groups is 2. The molecule has 0 spiro atoms. The molecule has 1 aromatic heterocycles. The van der Waals surface area contributed by atoms with E-state index in [1.165, 1.54) is 12.7 Å². The van der Waals surface area contributed by atoms with Crippen molar-refractivity contribution in [1.82, 2.24) is 19.6 Å². The summed E-state index contributed by atoms with van der Waals surface area (Å²) in [6.45, 7) is 4.14. The van der Waals surface area contributed by atoms with Crippen molar-refractivity contribution in [3.05, 3.63) is 82.6 Å². The molecule has 2 heterocycles. The van der Waals surface area contributed by atoms with E-state index >= 15 is 0 Å². The third kappa shape index (κ3) is 8.14. The minimum absolute atomic E-state index is 0.0101. The van der Waals surface area contributed by atoms with Crippen LogP contribution in [0.5, 0.6) is 0 Å². The third-order valence-electron chi connectivity index (χ3n) is 7.16. The highest BCUT2D eigenvalue weighted by Crippen LogP contribution is 2.24. The van der Waals surface area contributed by atoms with Crippen molar-refractivity contribution in [3.8, 4) is 0 Å². The van der Waals surface area contributed by atoms with Gasteiger partial charge in [-0.2, -0.15) is 5.10 Å². The number of halogens is 1. The summed E-state index contributed by atoms with van der Waals surface area (Å²) < 4.78 is 7.02. The number of hydrogen-bond donors (Lipinski definition) is 0. The van der Waals surface area contributed by atoms with Crippen LogP contribution in [0.3, 0.4) is 0 Å². The van der Waals surface area contributed by atoms with Crippen LogP contribution in [0, 0.1) is 0 Å². The van der Waals surface area contributed by atoms with Gasteiger partial charge in [-0.15, -0.1) is 0 Å². The Labute approximate surface area is 236 Å². The molecule has 208 valence electrons. The number of benzene rings is 2. The van der Waals surface area contributed by atoms with Crippen molar-refractivity contribution in [3.63, 3.8) is 0 Å². The second kappa shape index (κ2) is 14.3. The molecule has 2 aromatic carbocycles. The lowest BCUT2D eigenvalue weighted by Crippen LogP contribution is -2.40. The van der Waals surface area contributed by atoms with E-state index in [2.05, 4.69) is 22.1 Å². The first-order valence-corrected chi connectivity index (χ1v) is 13.9. The van der Waals surface area contributed by atoms with Gasteiger partial charge in [0.25, 0.3) is 5.91 Å². The maximum atomic E-state index is 13.5. The van der Waals surface area contributed by atoms with Crippen molar-refractivity contribution in [2.45, 2.75) is 38.8 Å². The molecule has 0 saturated carbocycles. The topological polar surface area (TPSA) is 70.9 Å². The van der Waals surface area contributed by atoms with Crippen LogP contribution in [0.25, 0.3) is 0 Å². The highest BCUT2D eigenvalue weighted by atomic mass is 35.5. The zero-order valence-electron chi connectivity index (χ0n) is 22.9. The first-order chi connectivity index (χ1) is 18.9. The smallest absolute Gasteiger partial charge is 0.252 e. The van der Waals surface area contributed by atoms with Crippen LogP contribution in [-0.4, -0.2) is 71.3 Å². The Hall–Kier alpha value is -3.20. The van der Waals surface area contributed by atoms with Gasteiger partial charge in [-0.3, -0.25) is 19.2 Å². The van der Waals surface area contributed by atoms with Crippen molar-refractivity contribution in [2.24, 2.45) is 7.05 Å². The lowest BCUT2D eigenvalue weighted by atomic mass is 10.1. The van der Waals surface area contributed by atoms with Gasteiger partial charge < -0.3 is 14.5 Å². The highest BCUT2D eigenvalue weighted by molar-refractivity contribution is 6.30. The number of ether oxygens (including phenoxy) is 1. The lowest BCUT2D eigenvalue weighted by Gasteiger charge is -2.31. The molecule has 3 aromatic rings. The molecule has 1 aliphatic rings.